The fraction of sp³-hybridized carbons (Fsp3) is 0.480. The Hall–Kier alpha value is -3.15. The van der Waals surface area contributed by atoms with E-state index in [0.29, 0.717) is 37.6 Å². The number of hydrogen-bond acceptors (Lipinski definition) is 9. The van der Waals surface area contributed by atoms with Crippen molar-refractivity contribution in [3.63, 3.8) is 0 Å². The van der Waals surface area contributed by atoms with Crippen molar-refractivity contribution in [1.82, 2.24) is 14.2 Å². The number of benzene rings is 1. The predicted molar refractivity (Wildman–Crippen MR) is 147 cm³/mol. The number of alkyl halides is 3. The summed E-state index contributed by atoms with van der Waals surface area (Å²) in [7, 11) is -3.38. The minimum Gasteiger partial charge on any atom is -0.475 e. The molecule has 0 bridgehead atoms. The fourth-order valence-electron chi connectivity index (χ4n) is 4.51. The molecule has 1 aromatic carbocycles. The first kappa shape index (κ1) is 33.4. The number of rotatable bonds is 8. The van der Waals surface area contributed by atoms with Crippen molar-refractivity contribution in [3.8, 4) is 0 Å². The first-order valence-electron chi connectivity index (χ1n) is 12.7. The van der Waals surface area contributed by atoms with E-state index in [0.717, 1.165) is 23.5 Å². The van der Waals surface area contributed by atoms with Gasteiger partial charge in [-0.3, -0.25) is 9.69 Å². The maximum absolute atomic E-state index is 14.0. The summed E-state index contributed by atoms with van der Waals surface area (Å²) in [5, 5.41) is 10.7. The van der Waals surface area contributed by atoms with Gasteiger partial charge in [-0.25, -0.2) is 31.3 Å². The Morgan fingerprint density at radius 2 is 1.64 bits per heavy atom. The maximum atomic E-state index is 14.0. The van der Waals surface area contributed by atoms with Crippen molar-refractivity contribution < 1.29 is 45.1 Å². The number of carboxylic acids is 1. The lowest BCUT2D eigenvalue weighted by molar-refractivity contribution is -0.192. The van der Waals surface area contributed by atoms with Gasteiger partial charge in [-0.1, -0.05) is 29.6 Å². The van der Waals surface area contributed by atoms with E-state index in [1.807, 2.05) is 0 Å². The van der Waals surface area contributed by atoms with E-state index >= 15 is 0 Å². The molecule has 10 nitrogen and oxygen atoms in total. The number of aliphatic carboxylic acids is 1. The molecule has 2 unspecified atom stereocenters. The summed E-state index contributed by atoms with van der Waals surface area (Å²) >= 11 is 0.929. The lowest BCUT2D eigenvalue weighted by atomic mass is 10.1. The molecule has 0 radical (unpaired) electrons. The highest BCUT2D eigenvalue weighted by Crippen LogP contribution is 2.31. The van der Waals surface area contributed by atoms with Crippen LogP contribution in [0.5, 0.6) is 0 Å². The van der Waals surface area contributed by atoms with E-state index in [4.69, 9.17) is 15.6 Å². The maximum Gasteiger partial charge on any atom is 0.490 e. The van der Waals surface area contributed by atoms with E-state index in [1.165, 1.54) is 10.4 Å². The standard InChI is InChI=1S/C23H29F2N5O3S2.C2HF3O2/c1-14-6-7-15(2)30(14)12-13-35(32,33)29-10-8-16(9-11-29)27-23-28-22(26)21(34-23)20(31)19-17(24)4-3-5-18(19)25;3-2(4,5)1(6)7/h3-7,14-16H,8-13,26H2,1-2H3,(H,27,28);(H,6,7). The van der Waals surface area contributed by atoms with Crippen LogP contribution in [-0.4, -0.2) is 89.2 Å². The van der Waals surface area contributed by atoms with Gasteiger partial charge in [-0.15, -0.1) is 0 Å². The van der Waals surface area contributed by atoms with E-state index in [2.05, 4.69) is 41.2 Å². The zero-order valence-corrected chi connectivity index (χ0v) is 24.2. The molecule has 3 heterocycles. The van der Waals surface area contributed by atoms with Crippen molar-refractivity contribution in [3.05, 3.63) is 52.4 Å². The third-order valence-corrected chi connectivity index (χ3v) is 9.64. The Morgan fingerprint density at radius 3 is 2.14 bits per heavy atom. The monoisotopic (exact) mass is 639 g/mol. The Balaban J connectivity index is 0.000000616. The number of aromatic nitrogens is 1. The number of nitrogens with zero attached hydrogens (tertiary/aromatic N) is 3. The highest BCUT2D eigenvalue weighted by atomic mass is 32.2. The van der Waals surface area contributed by atoms with Crippen LogP contribution in [-0.2, 0) is 14.8 Å². The fourth-order valence-corrected chi connectivity index (χ4v) is 6.88. The summed E-state index contributed by atoms with van der Waals surface area (Å²) in [4.78, 5) is 27.8. The van der Waals surface area contributed by atoms with Crippen molar-refractivity contribution in [2.45, 2.75) is 51.0 Å². The summed E-state index contributed by atoms with van der Waals surface area (Å²) < 4.78 is 87.0. The van der Waals surface area contributed by atoms with Crippen molar-refractivity contribution in [2.75, 3.05) is 36.4 Å². The van der Waals surface area contributed by atoms with Gasteiger partial charge in [0.15, 0.2) is 5.13 Å². The number of nitrogens with one attached hydrogen (secondary N) is 1. The van der Waals surface area contributed by atoms with Gasteiger partial charge < -0.3 is 16.2 Å². The van der Waals surface area contributed by atoms with Gasteiger partial charge in [0.05, 0.1) is 11.3 Å². The third-order valence-electron chi connectivity index (χ3n) is 6.79. The molecule has 0 spiro atoms. The second-order valence-corrected chi connectivity index (χ2v) is 12.8. The molecular weight excluding hydrogens is 609 g/mol. The van der Waals surface area contributed by atoms with Gasteiger partial charge in [0.25, 0.3) is 0 Å². The average molecular weight is 640 g/mol. The molecule has 1 aromatic heterocycles. The van der Waals surface area contributed by atoms with Crippen LogP contribution in [0.15, 0.2) is 30.4 Å². The van der Waals surface area contributed by atoms with Crippen molar-refractivity contribution in [2.24, 2.45) is 0 Å². The number of carbonyl (C=O) groups is 2. The lowest BCUT2D eigenvalue weighted by Gasteiger charge is -2.33. The SMILES string of the molecule is CC1C=CC(C)N1CCS(=O)(=O)N1CCC(Nc2nc(N)c(C(=O)c3c(F)cccc3F)s2)CC1.O=C(O)C(F)(F)F. The summed E-state index contributed by atoms with van der Waals surface area (Å²) in [5.74, 6) is -5.58. The topological polar surface area (TPSA) is 146 Å². The molecule has 2 aliphatic heterocycles. The molecule has 2 aromatic rings. The number of sulfonamides is 1. The van der Waals surface area contributed by atoms with Gasteiger partial charge >= 0.3 is 12.1 Å². The molecule has 0 amide bonds. The highest BCUT2D eigenvalue weighted by molar-refractivity contribution is 7.89. The summed E-state index contributed by atoms with van der Waals surface area (Å²) in [5.41, 5.74) is 5.20. The van der Waals surface area contributed by atoms with Crippen molar-refractivity contribution >= 4 is 44.1 Å². The minimum atomic E-state index is -5.08. The lowest BCUT2D eigenvalue weighted by Crippen LogP contribution is -2.45. The number of halogens is 5. The van der Waals surface area contributed by atoms with Gasteiger partial charge in [0.2, 0.25) is 15.8 Å². The smallest absolute Gasteiger partial charge is 0.475 e. The molecule has 4 N–H and O–H groups in total. The molecular formula is C25H30F5N5O5S2. The first-order valence-corrected chi connectivity index (χ1v) is 15.2. The number of nitrogens with two attached hydrogens (primary N) is 1. The Bertz CT molecular complexity index is 1390. The number of carboxylic acid groups (broad SMARTS) is 1. The number of piperidine rings is 1. The van der Waals surface area contributed by atoms with Crippen molar-refractivity contribution in [1.29, 1.82) is 0 Å². The quantitative estimate of drug-likeness (QED) is 0.224. The molecule has 2 atom stereocenters. The molecule has 2 aliphatic rings. The highest BCUT2D eigenvalue weighted by Gasteiger charge is 2.38. The second kappa shape index (κ2) is 13.4. The van der Waals surface area contributed by atoms with Crippen LogP contribution in [0.3, 0.4) is 0 Å². The number of carbonyl (C=O) groups excluding carboxylic acids is 1. The van der Waals surface area contributed by atoms with E-state index in [1.54, 1.807) is 0 Å². The predicted octanol–water partition coefficient (Wildman–Crippen LogP) is 3.72. The van der Waals surface area contributed by atoms with Gasteiger partial charge in [-0.05, 0) is 38.8 Å². The van der Waals surface area contributed by atoms with E-state index < -0.39 is 45.2 Å². The van der Waals surface area contributed by atoms with Crippen LogP contribution in [0.25, 0.3) is 0 Å². The van der Waals surface area contributed by atoms with Crippen LogP contribution < -0.4 is 11.1 Å². The molecule has 1 saturated heterocycles. The number of hydrogen-bond donors (Lipinski definition) is 3. The van der Waals surface area contributed by atoms with E-state index in [9.17, 15) is 35.2 Å². The second-order valence-electron chi connectivity index (χ2n) is 9.70. The van der Waals surface area contributed by atoms with Gasteiger partial charge in [-0.2, -0.15) is 13.2 Å². The molecule has 0 aliphatic carbocycles. The summed E-state index contributed by atoms with van der Waals surface area (Å²) in [6.45, 7) is 5.34. The summed E-state index contributed by atoms with van der Waals surface area (Å²) in [6, 6.07) is 3.60. The van der Waals surface area contributed by atoms with Gasteiger partial charge in [0, 0.05) is 37.8 Å². The third kappa shape index (κ3) is 8.23. The molecule has 4 rings (SSSR count). The number of anilines is 2. The van der Waals surface area contributed by atoms with Crippen LogP contribution >= 0.6 is 11.3 Å². The zero-order valence-electron chi connectivity index (χ0n) is 22.6. The normalized spacial score (nSPS) is 20.3. The zero-order chi connectivity index (χ0) is 31.4. The number of thiazole rings is 1. The summed E-state index contributed by atoms with van der Waals surface area (Å²) in [6.07, 6.45) is 0.210. The average Bonchev–Trinajstić information content (AvgIpc) is 3.42. The van der Waals surface area contributed by atoms with Crippen LogP contribution in [0, 0.1) is 11.6 Å². The Morgan fingerprint density at radius 1 is 1.12 bits per heavy atom. The number of nitrogen functional groups attached to an aromatic ring is 1. The molecule has 1 fully saturated rings. The van der Waals surface area contributed by atoms with Crippen LogP contribution in [0.4, 0.5) is 32.9 Å². The Labute approximate surface area is 243 Å². The molecule has 42 heavy (non-hydrogen) atoms. The Kier molecular flexibility index (Phi) is 10.7. The largest absolute Gasteiger partial charge is 0.490 e. The number of ketones is 1. The first-order chi connectivity index (χ1) is 19.5. The minimum absolute atomic E-state index is 0.0450. The molecule has 232 valence electrons. The molecule has 17 heteroatoms. The van der Waals surface area contributed by atoms with E-state index in [-0.39, 0.29) is 34.6 Å². The molecule has 0 saturated carbocycles. The van der Waals surface area contributed by atoms with Crippen LogP contribution in [0.2, 0.25) is 0 Å². The van der Waals surface area contributed by atoms with Crippen LogP contribution in [0.1, 0.15) is 41.9 Å². The van der Waals surface area contributed by atoms with Gasteiger partial charge in [0.1, 0.15) is 22.3 Å².